The molecule has 4 heterocycles. The minimum absolute atomic E-state index is 0.712. The molecular formula is C37H24N4. The lowest BCUT2D eigenvalue weighted by molar-refractivity contribution is 1.11. The zero-order valence-electron chi connectivity index (χ0n) is 22.3. The van der Waals surface area contributed by atoms with Crippen LogP contribution in [0.3, 0.4) is 0 Å². The van der Waals surface area contributed by atoms with Crippen molar-refractivity contribution in [2.75, 3.05) is 0 Å². The summed E-state index contributed by atoms with van der Waals surface area (Å²) in [7, 11) is 0. The van der Waals surface area contributed by atoms with Crippen LogP contribution in [-0.4, -0.2) is 22.8 Å². The molecule has 0 radical (unpaired) electrons. The third-order valence-electron chi connectivity index (χ3n) is 7.89. The monoisotopic (exact) mass is 524 g/mol. The van der Waals surface area contributed by atoms with Crippen molar-refractivity contribution in [2.24, 2.45) is 20.0 Å². The average Bonchev–Trinajstić information content (AvgIpc) is 3.78. The predicted octanol–water partition coefficient (Wildman–Crippen LogP) is 7.71. The Hall–Kier alpha value is -5.48. The summed E-state index contributed by atoms with van der Waals surface area (Å²) in [6, 6.07) is 33.4. The molecule has 0 bridgehead atoms. The molecular weight excluding hydrogens is 500 g/mol. The first kappa shape index (κ1) is 23.4. The van der Waals surface area contributed by atoms with Gasteiger partial charge in [-0.25, -0.2) is 15.0 Å². The standard InChI is InChI=1S/C37H24N4/c1-2-31-25-13-5-6-14-26(25)34(39-31)20-35-29-17-9-10-18-30(29)37(41-35)21-36-28-16-8-7-15-27(28)33(40-36)19-32-24-12-4-3-11-23(24)22-38-32/h2-21H,1,22H2/b33-19-,34-20-,37-21-. The van der Waals surface area contributed by atoms with Gasteiger partial charge in [-0.3, -0.25) is 4.99 Å². The Morgan fingerprint density at radius 3 is 1.34 bits per heavy atom. The summed E-state index contributed by atoms with van der Waals surface area (Å²) in [4.78, 5) is 19.9. The second-order valence-corrected chi connectivity index (χ2v) is 10.3. The lowest BCUT2D eigenvalue weighted by Crippen LogP contribution is -1.96. The molecule has 192 valence electrons. The summed E-state index contributed by atoms with van der Waals surface area (Å²) in [6.45, 7) is 4.67. The van der Waals surface area contributed by atoms with E-state index in [1.54, 1.807) is 0 Å². The molecule has 4 aromatic rings. The molecule has 0 atom stereocenters. The summed E-state index contributed by atoms with van der Waals surface area (Å²) in [5.41, 5.74) is 15.4. The van der Waals surface area contributed by atoms with Crippen LogP contribution in [0.25, 0.3) is 17.1 Å². The molecule has 8 rings (SSSR count). The van der Waals surface area contributed by atoms with Gasteiger partial charge >= 0.3 is 0 Å². The smallest absolute Gasteiger partial charge is 0.0738 e. The van der Waals surface area contributed by atoms with Crippen LogP contribution in [0.5, 0.6) is 0 Å². The molecule has 0 amide bonds. The van der Waals surface area contributed by atoms with Crippen molar-refractivity contribution in [3.63, 3.8) is 0 Å². The van der Waals surface area contributed by atoms with Gasteiger partial charge in [-0.05, 0) is 29.9 Å². The number of allylic oxidation sites excluding steroid dienone is 4. The fourth-order valence-corrected chi connectivity index (χ4v) is 5.92. The number of aliphatic imine (C=N–C) groups is 4. The quantitative estimate of drug-likeness (QED) is 0.263. The minimum Gasteiger partial charge on any atom is -0.280 e. The summed E-state index contributed by atoms with van der Waals surface area (Å²) in [5, 5.41) is 0. The van der Waals surface area contributed by atoms with E-state index in [-0.39, 0.29) is 0 Å². The highest BCUT2D eigenvalue weighted by atomic mass is 14.9. The Labute approximate surface area is 238 Å². The molecule has 0 aromatic heterocycles. The third kappa shape index (κ3) is 3.84. The lowest BCUT2D eigenvalue weighted by Gasteiger charge is -2.02. The topological polar surface area (TPSA) is 49.4 Å². The van der Waals surface area contributed by atoms with Gasteiger partial charge in [0, 0.05) is 38.9 Å². The number of nitrogens with zero attached hydrogens (tertiary/aromatic N) is 4. The van der Waals surface area contributed by atoms with E-state index >= 15 is 0 Å². The highest BCUT2D eigenvalue weighted by Crippen LogP contribution is 2.36. The summed E-state index contributed by atoms with van der Waals surface area (Å²) < 4.78 is 0. The van der Waals surface area contributed by atoms with E-state index in [0.717, 1.165) is 73.3 Å². The summed E-state index contributed by atoms with van der Waals surface area (Å²) in [6.07, 6.45) is 8.12. The van der Waals surface area contributed by atoms with Crippen molar-refractivity contribution >= 4 is 39.9 Å². The molecule has 0 saturated heterocycles. The van der Waals surface area contributed by atoms with Crippen molar-refractivity contribution in [3.8, 4) is 0 Å². The van der Waals surface area contributed by atoms with Crippen LogP contribution in [0, 0.1) is 0 Å². The molecule has 4 aliphatic heterocycles. The van der Waals surface area contributed by atoms with E-state index in [9.17, 15) is 0 Å². The molecule has 4 heteroatoms. The van der Waals surface area contributed by atoms with Crippen LogP contribution in [0.15, 0.2) is 148 Å². The van der Waals surface area contributed by atoms with E-state index in [2.05, 4.69) is 110 Å². The minimum atomic E-state index is 0.712. The van der Waals surface area contributed by atoms with Gasteiger partial charge in [0.25, 0.3) is 0 Å². The van der Waals surface area contributed by atoms with Crippen LogP contribution >= 0.6 is 0 Å². The number of benzene rings is 4. The maximum absolute atomic E-state index is 5.12. The average molecular weight is 525 g/mol. The zero-order valence-corrected chi connectivity index (χ0v) is 22.3. The summed E-state index contributed by atoms with van der Waals surface area (Å²) >= 11 is 0. The predicted molar refractivity (Wildman–Crippen MR) is 170 cm³/mol. The number of fused-ring (bicyclic) bond motifs is 4. The number of rotatable bonds is 4. The number of hydrogen-bond acceptors (Lipinski definition) is 4. The highest BCUT2D eigenvalue weighted by Gasteiger charge is 2.25. The molecule has 4 aliphatic rings. The number of hydrogen-bond donors (Lipinski definition) is 0. The van der Waals surface area contributed by atoms with Gasteiger partial charge in [-0.1, -0.05) is 104 Å². The maximum Gasteiger partial charge on any atom is 0.0738 e. The molecule has 0 N–H and O–H groups in total. The van der Waals surface area contributed by atoms with Crippen molar-refractivity contribution in [1.29, 1.82) is 0 Å². The summed E-state index contributed by atoms with van der Waals surface area (Å²) in [5.74, 6) is 0. The molecule has 0 unspecified atom stereocenters. The van der Waals surface area contributed by atoms with Gasteiger partial charge < -0.3 is 0 Å². The second kappa shape index (κ2) is 9.32. The van der Waals surface area contributed by atoms with Crippen molar-refractivity contribution in [1.82, 2.24) is 0 Å². The zero-order chi connectivity index (χ0) is 27.3. The van der Waals surface area contributed by atoms with Gasteiger partial charge in [0.1, 0.15) is 0 Å². The normalized spacial score (nSPS) is 19.0. The first-order valence-corrected chi connectivity index (χ1v) is 13.7. The van der Waals surface area contributed by atoms with Gasteiger partial charge in [0.05, 0.1) is 46.5 Å². The van der Waals surface area contributed by atoms with E-state index < -0.39 is 0 Å². The van der Waals surface area contributed by atoms with E-state index in [0.29, 0.717) is 6.54 Å². The van der Waals surface area contributed by atoms with Gasteiger partial charge in [0.15, 0.2) is 0 Å². The van der Waals surface area contributed by atoms with Gasteiger partial charge in [-0.15, -0.1) is 0 Å². The second-order valence-electron chi connectivity index (χ2n) is 10.3. The largest absolute Gasteiger partial charge is 0.280 e. The van der Waals surface area contributed by atoms with E-state index in [1.807, 2.05) is 18.2 Å². The van der Waals surface area contributed by atoms with Gasteiger partial charge in [-0.2, -0.15) is 0 Å². The Morgan fingerprint density at radius 1 is 0.439 bits per heavy atom. The molecule has 4 aromatic carbocycles. The first-order chi connectivity index (χ1) is 20.3. The maximum atomic E-state index is 5.12. The molecule has 41 heavy (non-hydrogen) atoms. The van der Waals surface area contributed by atoms with Gasteiger partial charge in [0.2, 0.25) is 0 Å². The third-order valence-corrected chi connectivity index (χ3v) is 7.89. The SMILES string of the molecule is C=CC1=N/C(=C\C2=NC(=C\C3=NC(=C\C4=NCc5ccccc54)/c4ccccc43)/c3ccccc32)c2ccccc21. The van der Waals surface area contributed by atoms with Crippen molar-refractivity contribution in [2.45, 2.75) is 6.54 Å². The van der Waals surface area contributed by atoms with Crippen LogP contribution in [-0.2, 0) is 6.54 Å². The van der Waals surface area contributed by atoms with Crippen LogP contribution in [0.1, 0.15) is 44.5 Å². The molecule has 0 aliphatic carbocycles. The fraction of sp³-hybridized carbons (Fsp3) is 0.0270. The van der Waals surface area contributed by atoms with Crippen molar-refractivity contribution in [3.05, 3.63) is 172 Å². The van der Waals surface area contributed by atoms with Crippen LogP contribution in [0.2, 0.25) is 0 Å². The Kier molecular flexibility index (Phi) is 5.32. The molecule has 0 spiro atoms. The van der Waals surface area contributed by atoms with E-state index in [1.165, 1.54) is 11.1 Å². The Morgan fingerprint density at radius 2 is 0.829 bits per heavy atom. The van der Waals surface area contributed by atoms with Crippen LogP contribution in [0.4, 0.5) is 0 Å². The lowest BCUT2D eigenvalue weighted by atomic mass is 9.99. The van der Waals surface area contributed by atoms with E-state index in [4.69, 9.17) is 20.0 Å². The Balaban J connectivity index is 1.22. The molecule has 0 fully saturated rings. The highest BCUT2D eigenvalue weighted by molar-refractivity contribution is 6.27. The molecule has 4 nitrogen and oxygen atoms in total. The van der Waals surface area contributed by atoms with Crippen LogP contribution < -0.4 is 0 Å². The van der Waals surface area contributed by atoms with Crippen molar-refractivity contribution < 1.29 is 0 Å². The Bertz CT molecular complexity index is 2030. The fourth-order valence-electron chi connectivity index (χ4n) is 5.92. The first-order valence-electron chi connectivity index (χ1n) is 13.7. The molecule has 0 saturated carbocycles.